The molecule has 0 atom stereocenters. The third-order valence-electron chi connectivity index (χ3n) is 1.55. The van der Waals surface area contributed by atoms with Crippen LogP contribution in [-0.2, 0) is 20.4 Å². The van der Waals surface area contributed by atoms with Gasteiger partial charge >= 0.3 is 0 Å². The molecule has 3 heteroatoms. The predicted octanol–water partition coefficient (Wildman–Crippen LogP) is 2.07. The Hall–Kier alpha value is -0.908. The minimum absolute atomic E-state index is 0. The van der Waals surface area contributed by atoms with Crippen LogP contribution in [0, 0.1) is 0 Å². The Morgan fingerprint density at radius 1 is 1.08 bits per heavy atom. The standard InChI is InChI=1S/C9H8N2.Pd/c1-2-4-8(5-3-1)9-10-6-7-11-9;/h1-7H,(H,10,11);. The summed E-state index contributed by atoms with van der Waals surface area (Å²) in [6.45, 7) is 0. The molecular formula is C9H8N2Pd. The zero-order chi connectivity index (χ0) is 7.52. The first-order valence-electron chi connectivity index (χ1n) is 3.51. The molecule has 0 fully saturated rings. The molecule has 64 valence electrons. The van der Waals surface area contributed by atoms with Gasteiger partial charge in [-0.25, -0.2) is 4.98 Å². The minimum Gasteiger partial charge on any atom is -0.345 e. The Balaban J connectivity index is 0.000000720. The zero-order valence-electron chi connectivity index (χ0n) is 6.30. The Labute approximate surface area is 84.7 Å². The van der Waals surface area contributed by atoms with E-state index in [0.29, 0.717) is 0 Å². The molecule has 0 aliphatic heterocycles. The summed E-state index contributed by atoms with van der Waals surface area (Å²) in [5.74, 6) is 0.922. The molecule has 0 unspecified atom stereocenters. The third-order valence-corrected chi connectivity index (χ3v) is 1.55. The van der Waals surface area contributed by atoms with E-state index in [0.717, 1.165) is 11.4 Å². The van der Waals surface area contributed by atoms with Crippen LogP contribution in [0.3, 0.4) is 0 Å². The predicted molar refractivity (Wildman–Crippen MR) is 44.0 cm³/mol. The van der Waals surface area contributed by atoms with Crippen LogP contribution >= 0.6 is 0 Å². The van der Waals surface area contributed by atoms with Gasteiger partial charge in [0, 0.05) is 38.4 Å². The molecule has 1 aromatic heterocycles. The van der Waals surface area contributed by atoms with Crippen molar-refractivity contribution >= 4 is 0 Å². The van der Waals surface area contributed by atoms with Gasteiger partial charge in [0.05, 0.1) is 0 Å². The van der Waals surface area contributed by atoms with E-state index in [1.165, 1.54) is 0 Å². The summed E-state index contributed by atoms with van der Waals surface area (Å²) < 4.78 is 0. The van der Waals surface area contributed by atoms with Gasteiger partial charge in [-0.1, -0.05) is 30.3 Å². The maximum Gasteiger partial charge on any atom is 0.137 e. The Bertz CT molecular complexity index is 316. The molecule has 0 aliphatic rings. The van der Waals surface area contributed by atoms with Crippen LogP contribution in [-0.4, -0.2) is 9.97 Å². The molecule has 1 heterocycles. The van der Waals surface area contributed by atoms with Crippen LogP contribution in [0.15, 0.2) is 42.7 Å². The first-order chi connectivity index (χ1) is 5.47. The number of nitrogens with zero attached hydrogens (tertiary/aromatic N) is 1. The second-order valence-electron chi connectivity index (χ2n) is 2.30. The average Bonchev–Trinajstić information content (AvgIpc) is 2.58. The summed E-state index contributed by atoms with van der Waals surface area (Å²) in [5.41, 5.74) is 1.12. The van der Waals surface area contributed by atoms with Crippen molar-refractivity contribution in [1.29, 1.82) is 0 Å². The van der Waals surface area contributed by atoms with E-state index < -0.39 is 0 Å². The molecular weight excluding hydrogens is 243 g/mol. The molecule has 1 N–H and O–H groups in total. The number of hydrogen-bond donors (Lipinski definition) is 1. The largest absolute Gasteiger partial charge is 0.345 e. The molecule has 0 amide bonds. The van der Waals surface area contributed by atoms with Crippen molar-refractivity contribution < 1.29 is 20.4 Å². The fourth-order valence-electron chi connectivity index (χ4n) is 1.02. The zero-order valence-corrected chi connectivity index (χ0v) is 7.86. The van der Waals surface area contributed by atoms with E-state index in [2.05, 4.69) is 9.97 Å². The van der Waals surface area contributed by atoms with Crippen LogP contribution in [0.5, 0.6) is 0 Å². The SMILES string of the molecule is [Pd].c1ccc(-c2ncc[nH]2)cc1. The number of hydrogen-bond acceptors (Lipinski definition) is 1. The second kappa shape index (κ2) is 4.20. The van der Waals surface area contributed by atoms with Gasteiger partial charge in [-0.2, -0.15) is 0 Å². The molecule has 0 spiro atoms. The van der Waals surface area contributed by atoms with E-state index in [4.69, 9.17) is 0 Å². The molecule has 0 saturated carbocycles. The fraction of sp³-hybridized carbons (Fsp3) is 0. The van der Waals surface area contributed by atoms with Crippen LogP contribution in [0.4, 0.5) is 0 Å². The molecule has 2 rings (SSSR count). The summed E-state index contributed by atoms with van der Waals surface area (Å²) in [6, 6.07) is 10.0. The molecule has 2 aromatic rings. The summed E-state index contributed by atoms with van der Waals surface area (Å²) in [5, 5.41) is 0. The third kappa shape index (κ3) is 1.82. The summed E-state index contributed by atoms with van der Waals surface area (Å²) in [7, 11) is 0. The van der Waals surface area contributed by atoms with Crippen molar-refractivity contribution in [3.05, 3.63) is 42.7 Å². The normalized spacial score (nSPS) is 9.00. The van der Waals surface area contributed by atoms with E-state index in [1.54, 1.807) is 6.20 Å². The first-order valence-corrected chi connectivity index (χ1v) is 3.51. The monoisotopic (exact) mass is 250 g/mol. The van der Waals surface area contributed by atoms with Gasteiger partial charge < -0.3 is 4.98 Å². The van der Waals surface area contributed by atoms with Crippen LogP contribution in [0.1, 0.15) is 0 Å². The number of rotatable bonds is 1. The number of aromatic nitrogens is 2. The maximum atomic E-state index is 4.13. The van der Waals surface area contributed by atoms with Gasteiger partial charge in [-0.3, -0.25) is 0 Å². The number of benzene rings is 1. The van der Waals surface area contributed by atoms with Crippen LogP contribution in [0.25, 0.3) is 11.4 Å². The van der Waals surface area contributed by atoms with Crippen LogP contribution < -0.4 is 0 Å². The number of aromatic amines is 1. The fourth-order valence-corrected chi connectivity index (χ4v) is 1.02. The number of H-pyrrole nitrogens is 1. The second-order valence-corrected chi connectivity index (χ2v) is 2.30. The molecule has 0 aliphatic carbocycles. The minimum atomic E-state index is 0. The molecule has 2 nitrogen and oxygen atoms in total. The molecule has 12 heavy (non-hydrogen) atoms. The Morgan fingerprint density at radius 2 is 1.83 bits per heavy atom. The van der Waals surface area contributed by atoms with Crippen molar-refractivity contribution in [2.24, 2.45) is 0 Å². The summed E-state index contributed by atoms with van der Waals surface area (Å²) in [4.78, 5) is 7.17. The van der Waals surface area contributed by atoms with Gasteiger partial charge in [0.2, 0.25) is 0 Å². The average molecular weight is 251 g/mol. The van der Waals surface area contributed by atoms with E-state index in [-0.39, 0.29) is 20.4 Å². The smallest absolute Gasteiger partial charge is 0.137 e. The van der Waals surface area contributed by atoms with Crippen molar-refractivity contribution in [2.75, 3.05) is 0 Å². The van der Waals surface area contributed by atoms with Crippen molar-refractivity contribution in [1.82, 2.24) is 9.97 Å². The van der Waals surface area contributed by atoms with Gasteiger partial charge in [-0.05, 0) is 0 Å². The summed E-state index contributed by atoms with van der Waals surface area (Å²) in [6.07, 6.45) is 3.57. The Morgan fingerprint density at radius 3 is 2.42 bits per heavy atom. The summed E-state index contributed by atoms with van der Waals surface area (Å²) >= 11 is 0. The molecule has 0 radical (unpaired) electrons. The van der Waals surface area contributed by atoms with Crippen LogP contribution in [0.2, 0.25) is 0 Å². The van der Waals surface area contributed by atoms with Crippen molar-refractivity contribution in [3.63, 3.8) is 0 Å². The van der Waals surface area contributed by atoms with Crippen molar-refractivity contribution in [2.45, 2.75) is 0 Å². The van der Waals surface area contributed by atoms with Crippen molar-refractivity contribution in [3.8, 4) is 11.4 Å². The van der Waals surface area contributed by atoms with E-state index in [9.17, 15) is 0 Å². The van der Waals surface area contributed by atoms with E-state index in [1.807, 2.05) is 36.5 Å². The van der Waals surface area contributed by atoms with E-state index >= 15 is 0 Å². The van der Waals surface area contributed by atoms with Gasteiger partial charge in [-0.15, -0.1) is 0 Å². The number of imidazole rings is 1. The topological polar surface area (TPSA) is 28.7 Å². The van der Waals surface area contributed by atoms with Gasteiger partial charge in [0.1, 0.15) is 5.82 Å². The Kier molecular flexibility index (Phi) is 3.21. The quantitative estimate of drug-likeness (QED) is 0.772. The van der Waals surface area contributed by atoms with Gasteiger partial charge in [0.25, 0.3) is 0 Å². The number of nitrogens with one attached hydrogen (secondary N) is 1. The first kappa shape index (κ1) is 9.18. The van der Waals surface area contributed by atoms with Gasteiger partial charge in [0.15, 0.2) is 0 Å². The molecule has 0 saturated heterocycles. The molecule has 0 bridgehead atoms. The molecule has 1 aromatic carbocycles. The maximum absolute atomic E-state index is 4.13.